The first kappa shape index (κ1) is 52.9. The maximum Gasteiger partial charge on any atom is 0.143 e. The van der Waals surface area contributed by atoms with Crippen LogP contribution < -0.4 is 4.74 Å². The summed E-state index contributed by atoms with van der Waals surface area (Å²) in [5.74, 6) is 0.884. The van der Waals surface area contributed by atoms with Gasteiger partial charge in [0.05, 0.1) is 126 Å². The van der Waals surface area contributed by atoms with Gasteiger partial charge in [-0.25, -0.2) is 0 Å². The molecule has 0 aromatic heterocycles. The summed E-state index contributed by atoms with van der Waals surface area (Å²) < 4.78 is 63.1. The van der Waals surface area contributed by atoms with Gasteiger partial charge in [-0.15, -0.1) is 0 Å². The molecule has 11 nitrogen and oxygen atoms in total. The van der Waals surface area contributed by atoms with Gasteiger partial charge in [-0.2, -0.15) is 0 Å². The molecule has 4 aromatic carbocycles. The second-order valence-corrected chi connectivity index (χ2v) is 15.1. The molecule has 4 rings (SSSR count). The van der Waals surface area contributed by atoms with Gasteiger partial charge in [0.25, 0.3) is 0 Å². The molecule has 0 spiro atoms. The minimum atomic E-state index is -0.753. The van der Waals surface area contributed by atoms with Crippen LogP contribution in [-0.4, -0.2) is 132 Å². The van der Waals surface area contributed by atoms with Crippen LogP contribution in [0.4, 0.5) is 0 Å². The van der Waals surface area contributed by atoms with Crippen molar-refractivity contribution in [3.05, 3.63) is 138 Å². The molecule has 0 fully saturated rings. The lowest BCUT2D eigenvalue weighted by Gasteiger charge is -2.36. The molecule has 0 aliphatic carbocycles. The topological polar surface area (TPSA) is 102 Å². The maximum atomic E-state index is 6.74. The zero-order chi connectivity index (χ0) is 44.7. The van der Waals surface area contributed by atoms with Crippen LogP contribution in [0.5, 0.6) is 5.75 Å². The first-order valence-electron chi connectivity index (χ1n) is 23.5. The van der Waals surface area contributed by atoms with Crippen LogP contribution >= 0.6 is 0 Å². The van der Waals surface area contributed by atoms with Crippen LogP contribution in [0.2, 0.25) is 0 Å². The summed E-state index contributed by atoms with van der Waals surface area (Å²) >= 11 is 0. The summed E-state index contributed by atoms with van der Waals surface area (Å²) in [6.45, 7) is 12.2. The van der Waals surface area contributed by atoms with E-state index in [0.29, 0.717) is 132 Å². The van der Waals surface area contributed by atoms with E-state index in [-0.39, 0.29) is 0 Å². The van der Waals surface area contributed by atoms with Crippen LogP contribution in [0.25, 0.3) is 0 Å². The lowest BCUT2D eigenvalue weighted by molar-refractivity contribution is -0.0399. The quantitative estimate of drug-likeness (QED) is 0.0315. The van der Waals surface area contributed by atoms with Crippen molar-refractivity contribution in [2.45, 2.75) is 57.5 Å². The molecule has 64 heavy (non-hydrogen) atoms. The Balaban J connectivity index is 0.842. The third kappa shape index (κ3) is 22.9. The fourth-order valence-corrected chi connectivity index (χ4v) is 6.96. The molecule has 0 aliphatic heterocycles. The predicted octanol–water partition coefficient (Wildman–Crippen LogP) is 9.13. The third-order valence-corrected chi connectivity index (χ3v) is 10.3. The van der Waals surface area contributed by atoms with Crippen molar-refractivity contribution in [3.63, 3.8) is 0 Å². The van der Waals surface area contributed by atoms with Gasteiger partial charge < -0.3 is 52.1 Å². The molecule has 0 bridgehead atoms. The summed E-state index contributed by atoms with van der Waals surface area (Å²) in [4.78, 5) is 0. The first-order chi connectivity index (χ1) is 31.8. The van der Waals surface area contributed by atoms with E-state index in [2.05, 4.69) is 67.6 Å². The molecular weight excluding hydrogens is 813 g/mol. The Bertz CT molecular complexity index is 1520. The van der Waals surface area contributed by atoms with Crippen molar-refractivity contribution >= 4 is 0 Å². The van der Waals surface area contributed by atoms with E-state index in [1.807, 2.05) is 54.6 Å². The molecule has 0 aliphatic rings. The first-order valence-corrected chi connectivity index (χ1v) is 23.5. The number of hydrogen-bond donors (Lipinski definition) is 0. The number of hydrogen-bond acceptors (Lipinski definition) is 11. The second-order valence-electron chi connectivity index (χ2n) is 15.1. The Labute approximate surface area is 383 Å². The van der Waals surface area contributed by atoms with Gasteiger partial charge in [0.1, 0.15) is 18.0 Å². The molecule has 0 saturated carbocycles. The SMILES string of the molecule is CCCCCCCCc1ccc(OCCOCCOCCOCCOCCOCCOCCOCCOCCOCCOC(c2ccccc2)(c2ccccc2)c2ccccc2)cc1. The van der Waals surface area contributed by atoms with Crippen LogP contribution in [0.3, 0.4) is 0 Å². The van der Waals surface area contributed by atoms with Gasteiger partial charge in [-0.1, -0.05) is 142 Å². The predicted molar refractivity (Wildman–Crippen MR) is 252 cm³/mol. The molecule has 0 amide bonds. The average Bonchev–Trinajstić information content (AvgIpc) is 3.34. The standard InChI is InChI=1S/C53H76O11/c1-2-3-4-5-6-10-17-48-24-26-52(27-25-48)63-46-44-61-42-40-59-38-36-57-34-32-55-30-28-54-29-31-56-33-35-58-37-39-60-41-43-62-45-47-64-53(49-18-11-7-12-19-49,50-20-13-8-14-21-50)51-22-15-9-16-23-51/h7-9,11-16,18-27H,2-6,10,17,28-47H2,1H3. The fraction of sp³-hybridized carbons (Fsp3) is 0.547. The van der Waals surface area contributed by atoms with Crippen LogP contribution in [0.1, 0.15) is 67.7 Å². The van der Waals surface area contributed by atoms with Gasteiger partial charge in [-0.3, -0.25) is 0 Å². The lowest BCUT2D eigenvalue weighted by atomic mass is 9.80. The summed E-state index contributed by atoms with van der Waals surface area (Å²) in [5.41, 5.74) is 3.83. The van der Waals surface area contributed by atoms with E-state index in [4.69, 9.17) is 52.1 Å². The summed E-state index contributed by atoms with van der Waals surface area (Å²) in [6.07, 6.45) is 9.07. The van der Waals surface area contributed by atoms with Crippen molar-refractivity contribution in [2.24, 2.45) is 0 Å². The number of rotatable bonds is 42. The minimum absolute atomic E-state index is 0.416. The monoisotopic (exact) mass is 889 g/mol. The molecule has 11 heteroatoms. The van der Waals surface area contributed by atoms with E-state index < -0.39 is 5.60 Å². The molecule has 0 heterocycles. The van der Waals surface area contributed by atoms with Crippen LogP contribution in [0.15, 0.2) is 115 Å². The largest absolute Gasteiger partial charge is 0.491 e. The highest BCUT2D eigenvalue weighted by atomic mass is 16.6. The van der Waals surface area contributed by atoms with Crippen LogP contribution in [-0.2, 0) is 59.4 Å². The van der Waals surface area contributed by atoms with Gasteiger partial charge in [-0.05, 0) is 47.2 Å². The fourth-order valence-electron chi connectivity index (χ4n) is 6.96. The Kier molecular flexibility index (Phi) is 30.2. The average molecular weight is 889 g/mol. The highest BCUT2D eigenvalue weighted by Gasteiger charge is 2.37. The highest BCUT2D eigenvalue weighted by Crippen LogP contribution is 2.40. The molecule has 0 unspecified atom stereocenters. The van der Waals surface area contributed by atoms with Crippen molar-refractivity contribution < 1.29 is 52.1 Å². The van der Waals surface area contributed by atoms with Crippen LogP contribution in [0, 0.1) is 0 Å². The Morgan fingerprint density at radius 3 is 0.984 bits per heavy atom. The number of ether oxygens (including phenoxy) is 11. The van der Waals surface area contributed by atoms with Crippen molar-refractivity contribution in [1.29, 1.82) is 0 Å². The lowest BCUT2D eigenvalue weighted by Crippen LogP contribution is -2.34. The van der Waals surface area contributed by atoms with Gasteiger partial charge in [0.15, 0.2) is 0 Å². The third-order valence-electron chi connectivity index (χ3n) is 10.3. The van der Waals surface area contributed by atoms with Gasteiger partial charge in [0.2, 0.25) is 0 Å². The molecular formula is C53H76O11. The van der Waals surface area contributed by atoms with Gasteiger partial charge >= 0.3 is 0 Å². The zero-order valence-corrected chi connectivity index (χ0v) is 38.6. The molecule has 0 saturated heterocycles. The second kappa shape index (κ2) is 36.5. The summed E-state index contributed by atoms with van der Waals surface area (Å²) in [5, 5.41) is 0. The van der Waals surface area contributed by atoms with E-state index in [1.54, 1.807) is 0 Å². The van der Waals surface area contributed by atoms with Crippen molar-refractivity contribution in [1.82, 2.24) is 0 Å². The number of aryl methyl sites for hydroxylation is 1. The van der Waals surface area contributed by atoms with Crippen molar-refractivity contribution in [3.8, 4) is 5.75 Å². The highest BCUT2D eigenvalue weighted by molar-refractivity contribution is 5.47. The zero-order valence-electron chi connectivity index (χ0n) is 38.6. The summed E-state index contributed by atoms with van der Waals surface area (Å²) in [7, 11) is 0. The van der Waals surface area contributed by atoms with E-state index in [0.717, 1.165) is 28.9 Å². The Hall–Kier alpha value is -3.72. The van der Waals surface area contributed by atoms with E-state index in [9.17, 15) is 0 Å². The number of benzene rings is 4. The molecule has 354 valence electrons. The Morgan fingerprint density at radius 2 is 0.625 bits per heavy atom. The molecule has 0 atom stereocenters. The van der Waals surface area contributed by atoms with E-state index in [1.165, 1.54) is 44.1 Å². The minimum Gasteiger partial charge on any atom is -0.491 e. The normalized spacial score (nSPS) is 11.6. The van der Waals surface area contributed by atoms with Crippen molar-refractivity contribution in [2.75, 3.05) is 132 Å². The van der Waals surface area contributed by atoms with E-state index >= 15 is 0 Å². The Morgan fingerprint density at radius 1 is 0.312 bits per heavy atom. The molecule has 0 N–H and O–H groups in total. The smallest absolute Gasteiger partial charge is 0.143 e. The number of unbranched alkanes of at least 4 members (excludes halogenated alkanes) is 5. The van der Waals surface area contributed by atoms with Gasteiger partial charge in [0, 0.05) is 0 Å². The molecule has 4 aromatic rings. The molecule has 0 radical (unpaired) electrons. The maximum absolute atomic E-state index is 6.74. The summed E-state index contributed by atoms with van der Waals surface area (Å²) in [6, 6.07) is 39.5.